The summed E-state index contributed by atoms with van der Waals surface area (Å²) in [5.41, 5.74) is 3.24. The Bertz CT molecular complexity index is 764. The third kappa shape index (κ3) is 2.37. The van der Waals surface area contributed by atoms with Crippen molar-refractivity contribution in [1.29, 1.82) is 0 Å². The molecule has 6 nitrogen and oxygen atoms in total. The van der Waals surface area contributed by atoms with Gasteiger partial charge in [0.15, 0.2) is 0 Å². The van der Waals surface area contributed by atoms with E-state index in [1.54, 1.807) is 18.6 Å². The molecule has 2 unspecified atom stereocenters. The average Bonchev–Trinajstić information content (AvgIpc) is 3.21. The van der Waals surface area contributed by atoms with Crippen LogP contribution in [-0.2, 0) is 0 Å². The molecule has 1 aliphatic carbocycles. The predicted molar refractivity (Wildman–Crippen MR) is 92.0 cm³/mol. The van der Waals surface area contributed by atoms with Crippen LogP contribution in [0.4, 0.5) is 5.69 Å². The molecule has 6 heteroatoms. The van der Waals surface area contributed by atoms with Crippen molar-refractivity contribution in [3.8, 4) is 11.3 Å². The number of aromatic nitrogens is 2. The molecule has 1 saturated carbocycles. The lowest BCUT2D eigenvalue weighted by Crippen LogP contribution is -2.24. The van der Waals surface area contributed by atoms with Crippen LogP contribution in [0, 0.1) is 15.7 Å². The second-order valence-corrected chi connectivity index (χ2v) is 6.84. The first-order valence-corrected chi connectivity index (χ1v) is 8.64. The highest BCUT2D eigenvalue weighted by Gasteiger charge is 2.35. The van der Waals surface area contributed by atoms with Crippen molar-refractivity contribution < 1.29 is 0 Å². The van der Waals surface area contributed by atoms with E-state index in [1.165, 1.54) is 19.3 Å². The fourth-order valence-electron chi connectivity index (χ4n) is 4.40. The number of rotatable bonds is 5. The fourth-order valence-corrected chi connectivity index (χ4v) is 4.40. The molecule has 24 heavy (non-hydrogen) atoms. The first-order valence-electron chi connectivity index (χ1n) is 8.64. The lowest BCUT2D eigenvalue weighted by Gasteiger charge is -2.28. The van der Waals surface area contributed by atoms with E-state index in [9.17, 15) is 9.81 Å². The summed E-state index contributed by atoms with van der Waals surface area (Å²) >= 11 is 0. The quantitative estimate of drug-likeness (QED) is 0.730. The molecule has 2 heterocycles. The lowest BCUT2D eigenvalue weighted by molar-refractivity contribution is 0.280. The highest BCUT2D eigenvalue weighted by atomic mass is 16.3. The van der Waals surface area contributed by atoms with Crippen LogP contribution >= 0.6 is 0 Å². The Kier molecular flexibility index (Phi) is 3.96. The van der Waals surface area contributed by atoms with Gasteiger partial charge >= 0.3 is 0 Å². The molecule has 0 bridgehead atoms. The van der Waals surface area contributed by atoms with Gasteiger partial charge in [-0.1, -0.05) is 36.6 Å². The Morgan fingerprint density at radius 3 is 2.79 bits per heavy atom. The zero-order valence-corrected chi connectivity index (χ0v) is 13.5. The number of hydrogen-bond acceptors (Lipinski definition) is 5. The summed E-state index contributed by atoms with van der Waals surface area (Å²) in [5.74, 6) is 0.375. The van der Waals surface area contributed by atoms with Crippen LogP contribution in [0.15, 0.2) is 41.1 Å². The van der Waals surface area contributed by atoms with Gasteiger partial charge in [0, 0.05) is 5.56 Å². The van der Waals surface area contributed by atoms with Gasteiger partial charge in [0.25, 0.3) is 0 Å². The molecule has 1 aliphatic heterocycles. The lowest BCUT2D eigenvalue weighted by atomic mass is 9.81. The average molecular weight is 324 g/mol. The van der Waals surface area contributed by atoms with E-state index in [2.05, 4.69) is 19.9 Å². The van der Waals surface area contributed by atoms with E-state index >= 15 is 0 Å². The minimum atomic E-state index is -0.190. The van der Waals surface area contributed by atoms with Crippen molar-refractivity contribution in [2.75, 3.05) is 0 Å². The summed E-state index contributed by atoms with van der Waals surface area (Å²) in [6.07, 6.45) is 10.0. The molecule has 0 radical (unpaired) electrons. The molecule has 4 rings (SSSR count). The number of nitroso groups, excluding NO2 is 2. The number of benzene rings is 1. The number of hydrogen-bond donors (Lipinski definition) is 0. The van der Waals surface area contributed by atoms with Crippen LogP contribution in [0.3, 0.4) is 0 Å². The van der Waals surface area contributed by atoms with E-state index in [-0.39, 0.29) is 12.1 Å². The Hall–Kier alpha value is -2.37. The topological polar surface area (TPSA) is 76.7 Å². The number of fused-ring (bicyclic) bond motifs is 3. The van der Waals surface area contributed by atoms with Gasteiger partial charge in [0.2, 0.25) is 0 Å². The van der Waals surface area contributed by atoms with Crippen LogP contribution in [0.5, 0.6) is 0 Å². The van der Waals surface area contributed by atoms with Gasteiger partial charge in [-0.15, -0.1) is 4.91 Å². The summed E-state index contributed by atoms with van der Waals surface area (Å²) in [6, 6.07) is 5.41. The monoisotopic (exact) mass is 324 g/mol. The highest BCUT2D eigenvalue weighted by molar-refractivity contribution is 5.80. The van der Waals surface area contributed by atoms with Crippen molar-refractivity contribution >= 4 is 5.69 Å². The van der Waals surface area contributed by atoms with Crippen molar-refractivity contribution in [3.63, 3.8) is 0 Å². The highest BCUT2D eigenvalue weighted by Crippen LogP contribution is 2.47. The maximum Gasteiger partial charge on any atom is 0.117 e. The molecule has 0 spiro atoms. The van der Waals surface area contributed by atoms with Gasteiger partial charge in [0.1, 0.15) is 5.69 Å². The normalized spacial score (nSPS) is 21.1. The molecule has 1 aromatic carbocycles. The van der Waals surface area contributed by atoms with Crippen LogP contribution < -0.4 is 0 Å². The molecule has 2 atom stereocenters. The molecule has 0 saturated heterocycles. The zero-order chi connectivity index (χ0) is 16.5. The summed E-state index contributed by atoms with van der Waals surface area (Å²) in [4.78, 5) is 26.9. The molecule has 1 fully saturated rings. The maximum atomic E-state index is 11.5. The maximum absolute atomic E-state index is 11.5. The first-order chi connectivity index (χ1) is 11.8. The van der Waals surface area contributed by atoms with Gasteiger partial charge in [-0.25, -0.2) is 4.98 Å². The van der Waals surface area contributed by atoms with Gasteiger partial charge in [-0.05, 0) is 42.0 Å². The number of nitrogens with zero attached hydrogens (tertiary/aromatic N) is 4. The Morgan fingerprint density at radius 2 is 2.04 bits per heavy atom. The third-order valence-electron chi connectivity index (χ3n) is 5.58. The SMILES string of the molecule is O=Nc1cccc2c1-c1cncn1C2CC(N=O)C1CCCCC1. The van der Waals surface area contributed by atoms with Crippen LogP contribution in [0.1, 0.15) is 50.1 Å². The summed E-state index contributed by atoms with van der Waals surface area (Å²) in [7, 11) is 0. The molecular weight excluding hydrogens is 304 g/mol. The Morgan fingerprint density at radius 1 is 1.21 bits per heavy atom. The molecule has 0 N–H and O–H groups in total. The Labute approximate surface area is 140 Å². The van der Waals surface area contributed by atoms with Crippen LogP contribution in [-0.4, -0.2) is 15.6 Å². The van der Waals surface area contributed by atoms with Crippen LogP contribution in [0.2, 0.25) is 0 Å². The van der Waals surface area contributed by atoms with Crippen molar-refractivity contribution in [3.05, 3.63) is 46.1 Å². The minimum absolute atomic E-state index is 0.00354. The van der Waals surface area contributed by atoms with Gasteiger partial charge in [-0.3, -0.25) is 0 Å². The molecule has 1 aromatic heterocycles. The van der Waals surface area contributed by atoms with Gasteiger partial charge < -0.3 is 4.57 Å². The Balaban J connectivity index is 1.69. The standard InChI is InChI=1S/C18H20N4O2/c23-20-14-8-4-7-13-16(22-11-19-10-17(22)18(13)14)9-15(21-24)12-5-2-1-3-6-12/h4,7-8,10-12,15-16H,1-3,5-6,9H2. The second-order valence-electron chi connectivity index (χ2n) is 6.84. The number of imidazole rings is 1. The first kappa shape index (κ1) is 15.2. The van der Waals surface area contributed by atoms with Crippen LogP contribution in [0.25, 0.3) is 11.3 Å². The van der Waals surface area contributed by atoms with Gasteiger partial charge in [0.05, 0.1) is 30.3 Å². The van der Waals surface area contributed by atoms with Crippen molar-refractivity contribution in [2.45, 2.75) is 50.6 Å². The minimum Gasteiger partial charge on any atom is -0.323 e. The second kappa shape index (κ2) is 6.26. The van der Waals surface area contributed by atoms with Crippen molar-refractivity contribution in [1.82, 2.24) is 9.55 Å². The predicted octanol–water partition coefficient (Wildman–Crippen LogP) is 4.96. The third-order valence-corrected chi connectivity index (χ3v) is 5.58. The molecular formula is C18H20N4O2. The van der Waals surface area contributed by atoms with E-state index < -0.39 is 0 Å². The van der Waals surface area contributed by atoms with E-state index in [1.807, 2.05) is 12.1 Å². The zero-order valence-electron chi connectivity index (χ0n) is 13.5. The molecule has 124 valence electrons. The molecule has 2 aromatic rings. The summed E-state index contributed by atoms with van der Waals surface area (Å²) in [6.45, 7) is 0. The van der Waals surface area contributed by atoms with E-state index in [4.69, 9.17) is 0 Å². The van der Waals surface area contributed by atoms with E-state index in [0.717, 1.165) is 29.7 Å². The van der Waals surface area contributed by atoms with Crippen molar-refractivity contribution in [2.24, 2.45) is 16.3 Å². The van der Waals surface area contributed by atoms with E-state index in [0.29, 0.717) is 18.0 Å². The molecule has 0 amide bonds. The largest absolute Gasteiger partial charge is 0.323 e. The smallest absolute Gasteiger partial charge is 0.117 e. The summed E-state index contributed by atoms with van der Waals surface area (Å²) in [5, 5.41) is 6.65. The molecule has 2 aliphatic rings. The van der Waals surface area contributed by atoms with Gasteiger partial charge in [-0.2, -0.15) is 4.91 Å². The summed E-state index contributed by atoms with van der Waals surface area (Å²) < 4.78 is 2.06. The fraction of sp³-hybridized carbons (Fsp3) is 0.500.